The molecule has 1 aliphatic heterocycles. The lowest BCUT2D eigenvalue weighted by molar-refractivity contribution is 0.0701. The van der Waals surface area contributed by atoms with E-state index in [1.54, 1.807) is 47.5 Å². The van der Waals surface area contributed by atoms with Crippen LogP contribution in [0, 0.1) is 11.6 Å². The van der Waals surface area contributed by atoms with E-state index < -0.39 is 5.82 Å². The summed E-state index contributed by atoms with van der Waals surface area (Å²) >= 11 is 0. The van der Waals surface area contributed by atoms with Crippen molar-refractivity contribution in [1.29, 1.82) is 0 Å². The van der Waals surface area contributed by atoms with Crippen LogP contribution in [0.15, 0.2) is 60.8 Å². The molecular weight excluding hydrogens is 374 g/mol. The Labute approximate surface area is 167 Å². The molecule has 0 spiro atoms. The van der Waals surface area contributed by atoms with Gasteiger partial charge in [0.2, 0.25) is 5.95 Å². The lowest BCUT2D eigenvalue weighted by Crippen LogP contribution is -2.39. The fourth-order valence-corrected chi connectivity index (χ4v) is 3.55. The van der Waals surface area contributed by atoms with Gasteiger partial charge in [-0.2, -0.15) is 0 Å². The van der Waals surface area contributed by atoms with Gasteiger partial charge in [0, 0.05) is 25.2 Å². The quantitative estimate of drug-likeness (QED) is 0.707. The maximum atomic E-state index is 14.0. The Morgan fingerprint density at radius 3 is 2.59 bits per heavy atom. The minimum Gasteiger partial charge on any atom is -0.338 e. The Morgan fingerprint density at radius 2 is 1.79 bits per heavy atom. The van der Waals surface area contributed by atoms with Crippen LogP contribution in [0.5, 0.6) is 0 Å². The first-order chi connectivity index (χ1) is 14.1. The molecule has 7 heteroatoms. The number of nitrogens with zero attached hydrogens (tertiary/aromatic N) is 3. The molecule has 1 amide bonds. The van der Waals surface area contributed by atoms with Crippen LogP contribution in [0.2, 0.25) is 0 Å². The van der Waals surface area contributed by atoms with Crippen LogP contribution in [-0.2, 0) is 0 Å². The largest absolute Gasteiger partial charge is 0.338 e. The second-order valence-corrected chi connectivity index (χ2v) is 6.98. The van der Waals surface area contributed by atoms with E-state index in [1.807, 2.05) is 0 Å². The number of para-hydroxylation sites is 1. The van der Waals surface area contributed by atoms with E-state index in [0.717, 1.165) is 18.5 Å². The number of hydrogen-bond donors (Lipinski definition) is 1. The van der Waals surface area contributed by atoms with Crippen molar-refractivity contribution in [2.45, 2.75) is 18.8 Å². The van der Waals surface area contributed by atoms with Gasteiger partial charge < -0.3 is 10.2 Å². The number of rotatable bonds is 4. The van der Waals surface area contributed by atoms with Gasteiger partial charge in [-0.05, 0) is 43.2 Å². The van der Waals surface area contributed by atoms with E-state index >= 15 is 0 Å². The van der Waals surface area contributed by atoms with Crippen LogP contribution in [0.3, 0.4) is 0 Å². The zero-order chi connectivity index (χ0) is 20.2. The number of amides is 1. The van der Waals surface area contributed by atoms with Gasteiger partial charge in [0.1, 0.15) is 11.6 Å². The van der Waals surface area contributed by atoms with Crippen molar-refractivity contribution < 1.29 is 13.6 Å². The molecule has 29 heavy (non-hydrogen) atoms. The van der Waals surface area contributed by atoms with E-state index in [4.69, 9.17) is 0 Å². The van der Waals surface area contributed by atoms with E-state index in [9.17, 15) is 13.6 Å². The van der Waals surface area contributed by atoms with Crippen LogP contribution in [0.1, 0.15) is 34.8 Å². The molecule has 0 aliphatic carbocycles. The molecule has 1 aliphatic rings. The van der Waals surface area contributed by atoms with Crippen molar-refractivity contribution in [3.05, 3.63) is 83.7 Å². The third-order valence-corrected chi connectivity index (χ3v) is 5.03. The van der Waals surface area contributed by atoms with Crippen molar-refractivity contribution in [3.63, 3.8) is 0 Å². The summed E-state index contributed by atoms with van der Waals surface area (Å²) in [4.78, 5) is 23.1. The number of aromatic nitrogens is 2. The van der Waals surface area contributed by atoms with E-state index in [0.29, 0.717) is 24.7 Å². The number of likely N-dealkylation sites (tertiary alicyclic amines) is 1. The molecule has 1 saturated heterocycles. The summed E-state index contributed by atoms with van der Waals surface area (Å²) in [5.74, 6) is -0.917. The predicted octanol–water partition coefficient (Wildman–Crippen LogP) is 4.52. The number of anilines is 2. The second kappa shape index (κ2) is 8.34. The predicted molar refractivity (Wildman–Crippen MR) is 106 cm³/mol. The summed E-state index contributed by atoms with van der Waals surface area (Å²) in [6.07, 6.45) is 3.27. The number of hydrogen-bond acceptors (Lipinski definition) is 4. The average Bonchev–Trinajstić information content (AvgIpc) is 2.76. The lowest BCUT2D eigenvalue weighted by atomic mass is 9.94. The molecule has 2 heterocycles. The number of carbonyl (C=O) groups excluding carboxylic acids is 1. The Bertz CT molecular complexity index is 1030. The number of benzene rings is 2. The Balaban J connectivity index is 1.51. The first-order valence-corrected chi connectivity index (χ1v) is 9.50. The maximum absolute atomic E-state index is 14.0. The molecule has 3 aromatic rings. The summed E-state index contributed by atoms with van der Waals surface area (Å²) in [6, 6.07) is 14.1. The van der Waals surface area contributed by atoms with Gasteiger partial charge in [0.05, 0.1) is 16.9 Å². The minimum absolute atomic E-state index is 0.00337. The van der Waals surface area contributed by atoms with Crippen LogP contribution in [-0.4, -0.2) is 33.9 Å². The van der Waals surface area contributed by atoms with Gasteiger partial charge in [-0.15, -0.1) is 0 Å². The number of nitrogens with one attached hydrogen (secondary N) is 1. The molecule has 0 bridgehead atoms. The van der Waals surface area contributed by atoms with Crippen molar-refractivity contribution in [2.24, 2.45) is 0 Å². The van der Waals surface area contributed by atoms with Crippen LogP contribution < -0.4 is 5.32 Å². The molecule has 1 atom stereocenters. The average molecular weight is 394 g/mol. The number of piperidine rings is 1. The maximum Gasteiger partial charge on any atom is 0.256 e. The van der Waals surface area contributed by atoms with E-state index in [2.05, 4.69) is 15.3 Å². The van der Waals surface area contributed by atoms with Crippen LogP contribution in [0.4, 0.5) is 20.4 Å². The first-order valence-electron chi connectivity index (χ1n) is 9.50. The van der Waals surface area contributed by atoms with E-state index in [1.165, 1.54) is 18.2 Å². The Morgan fingerprint density at radius 1 is 1.03 bits per heavy atom. The fourth-order valence-electron chi connectivity index (χ4n) is 3.55. The smallest absolute Gasteiger partial charge is 0.256 e. The molecular formula is C22H20F2N4O. The summed E-state index contributed by atoms with van der Waals surface area (Å²) in [5, 5.41) is 2.89. The Hall–Kier alpha value is -3.35. The van der Waals surface area contributed by atoms with Crippen molar-refractivity contribution in [2.75, 3.05) is 18.4 Å². The highest BCUT2D eigenvalue weighted by Gasteiger charge is 2.27. The Kier molecular flexibility index (Phi) is 5.46. The normalized spacial score (nSPS) is 16.5. The third kappa shape index (κ3) is 4.23. The summed E-state index contributed by atoms with van der Waals surface area (Å²) in [7, 11) is 0. The highest BCUT2D eigenvalue weighted by molar-refractivity contribution is 5.94. The SMILES string of the molecule is O=C(c1ccccc1F)N1CCCC(c2ccnc(Nc3ccccc3F)n2)C1. The van der Waals surface area contributed by atoms with Gasteiger partial charge in [-0.1, -0.05) is 24.3 Å². The summed E-state index contributed by atoms with van der Waals surface area (Å²) in [6.45, 7) is 1.03. The monoisotopic (exact) mass is 394 g/mol. The molecule has 1 fully saturated rings. The number of carbonyl (C=O) groups is 1. The second-order valence-electron chi connectivity index (χ2n) is 6.98. The van der Waals surface area contributed by atoms with Gasteiger partial charge in [-0.25, -0.2) is 18.7 Å². The first kappa shape index (κ1) is 19.0. The van der Waals surface area contributed by atoms with Gasteiger partial charge in [-0.3, -0.25) is 4.79 Å². The topological polar surface area (TPSA) is 58.1 Å². The molecule has 5 nitrogen and oxygen atoms in total. The molecule has 0 saturated carbocycles. The van der Waals surface area contributed by atoms with Crippen LogP contribution in [0.25, 0.3) is 0 Å². The fraction of sp³-hybridized carbons (Fsp3) is 0.227. The van der Waals surface area contributed by atoms with Gasteiger partial charge in [0.25, 0.3) is 5.91 Å². The van der Waals surface area contributed by atoms with Crippen molar-refractivity contribution in [3.8, 4) is 0 Å². The number of halogens is 2. The van der Waals surface area contributed by atoms with Crippen LogP contribution >= 0.6 is 0 Å². The molecule has 1 N–H and O–H groups in total. The molecule has 1 aromatic heterocycles. The third-order valence-electron chi connectivity index (χ3n) is 5.03. The van der Waals surface area contributed by atoms with Gasteiger partial charge in [0.15, 0.2) is 0 Å². The molecule has 148 valence electrons. The standard InChI is InChI=1S/C22H20F2N4O/c23-17-8-2-1-7-16(17)21(29)28-13-5-6-15(14-28)19-11-12-25-22(26-19)27-20-10-4-3-9-18(20)24/h1-4,7-12,15H,5-6,13-14H2,(H,25,26,27). The molecule has 1 unspecified atom stereocenters. The van der Waals surface area contributed by atoms with E-state index in [-0.39, 0.29) is 23.2 Å². The van der Waals surface area contributed by atoms with Crippen molar-refractivity contribution in [1.82, 2.24) is 14.9 Å². The zero-order valence-electron chi connectivity index (χ0n) is 15.7. The summed E-state index contributed by atoms with van der Waals surface area (Å²) < 4.78 is 27.9. The molecule has 0 radical (unpaired) electrons. The van der Waals surface area contributed by atoms with Gasteiger partial charge >= 0.3 is 0 Å². The molecule has 4 rings (SSSR count). The highest BCUT2D eigenvalue weighted by Crippen LogP contribution is 2.28. The zero-order valence-corrected chi connectivity index (χ0v) is 15.7. The minimum atomic E-state index is -0.516. The summed E-state index contributed by atoms with van der Waals surface area (Å²) in [5.41, 5.74) is 1.15. The lowest BCUT2D eigenvalue weighted by Gasteiger charge is -2.32. The molecule has 2 aromatic carbocycles. The highest BCUT2D eigenvalue weighted by atomic mass is 19.1. The van der Waals surface area contributed by atoms with Crippen molar-refractivity contribution >= 4 is 17.5 Å².